The van der Waals surface area contributed by atoms with Gasteiger partial charge in [-0.25, -0.2) is 8.42 Å². The first-order valence-electron chi connectivity index (χ1n) is 8.66. The van der Waals surface area contributed by atoms with Gasteiger partial charge in [-0.3, -0.25) is 4.79 Å². The van der Waals surface area contributed by atoms with E-state index in [2.05, 4.69) is 5.32 Å². The predicted octanol–water partition coefficient (Wildman–Crippen LogP) is 3.00. The van der Waals surface area contributed by atoms with Gasteiger partial charge in [0.25, 0.3) is 5.91 Å². The first-order valence-corrected chi connectivity index (χ1v) is 10.5. The second-order valence-electron chi connectivity index (χ2n) is 6.19. The number of amides is 1. The summed E-state index contributed by atoms with van der Waals surface area (Å²) in [6.07, 6.45) is 1.79. The fourth-order valence-corrected chi connectivity index (χ4v) is 3.45. The van der Waals surface area contributed by atoms with Crippen LogP contribution in [0.3, 0.4) is 0 Å². The molecule has 1 unspecified atom stereocenters. The molecule has 28 heavy (non-hydrogen) atoms. The van der Waals surface area contributed by atoms with E-state index < -0.39 is 9.84 Å². The number of hydrogen-bond acceptors (Lipinski definition) is 6. The average Bonchev–Trinajstić information content (AvgIpc) is 2.69. The molecule has 0 saturated carbocycles. The fraction of sp³-hybridized carbons (Fsp3) is 0.350. The lowest BCUT2D eigenvalue weighted by molar-refractivity contribution is 0.0934. The monoisotopic (exact) mass is 407 g/mol. The summed E-state index contributed by atoms with van der Waals surface area (Å²) in [6, 6.07) is 9.38. The Morgan fingerprint density at radius 3 is 1.93 bits per heavy atom. The highest BCUT2D eigenvalue weighted by Crippen LogP contribution is 2.38. The van der Waals surface area contributed by atoms with Gasteiger partial charge in [0.2, 0.25) is 5.75 Å². The first-order chi connectivity index (χ1) is 13.2. The molecule has 1 N–H and O–H groups in total. The van der Waals surface area contributed by atoms with Gasteiger partial charge < -0.3 is 19.5 Å². The molecule has 0 bridgehead atoms. The molecule has 0 aliphatic rings. The minimum absolute atomic E-state index is 0.238. The summed E-state index contributed by atoms with van der Waals surface area (Å²) in [5, 5.41) is 2.96. The van der Waals surface area contributed by atoms with Crippen LogP contribution in [0.25, 0.3) is 0 Å². The molecule has 1 amide bonds. The highest BCUT2D eigenvalue weighted by Gasteiger charge is 2.20. The number of nitrogens with one attached hydrogen (secondary N) is 1. The van der Waals surface area contributed by atoms with Crippen molar-refractivity contribution in [2.45, 2.75) is 24.3 Å². The molecule has 0 saturated heterocycles. The molecule has 0 radical (unpaired) electrons. The molecular weight excluding hydrogens is 382 g/mol. The summed E-state index contributed by atoms with van der Waals surface area (Å²) in [6.45, 7) is 1.94. The van der Waals surface area contributed by atoms with E-state index in [-0.39, 0.29) is 16.8 Å². The molecule has 8 heteroatoms. The van der Waals surface area contributed by atoms with Gasteiger partial charge in [0.1, 0.15) is 0 Å². The van der Waals surface area contributed by atoms with Crippen molar-refractivity contribution >= 4 is 15.7 Å². The number of ether oxygens (including phenoxy) is 3. The van der Waals surface area contributed by atoms with Crippen molar-refractivity contribution in [1.82, 2.24) is 5.32 Å². The van der Waals surface area contributed by atoms with Crippen molar-refractivity contribution in [2.24, 2.45) is 0 Å². The Balaban J connectivity index is 2.29. The van der Waals surface area contributed by atoms with E-state index in [4.69, 9.17) is 14.2 Å². The van der Waals surface area contributed by atoms with Gasteiger partial charge in [0, 0.05) is 11.8 Å². The highest BCUT2D eigenvalue weighted by molar-refractivity contribution is 7.90. The lowest BCUT2D eigenvalue weighted by Crippen LogP contribution is -2.28. The van der Waals surface area contributed by atoms with Crippen molar-refractivity contribution in [2.75, 3.05) is 27.6 Å². The van der Waals surface area contributed by atoms with Crippen molar-refractivity contribution in [3.63, 3.8) is 0 Å². The zero-order chi connectivity index (χ0) is 20.9. The topological polar surface area (TPSA) is 90.9 Å². The van der Waals surface area contributed by atoms with Gasteiger partial charge in [-0.05, 0) is 36.2 Å². The van der Waals surface area contributed by atoms with Crippen molar-refractivity contribution in [1.29, 1.82) is 0 Å². The maximum atomic E-state index is 12.8. The molecular formula is C20H25NO6S. The number of benzene rings is 2. The molecule has 0 spiro atoms. The summed E-state index contributed by atoms with van der Waals surface area (Å²) >= 11 is 0. The molecule has 1 atom stereocenters. The number of carbonyl (C=O) groups excluding carboxylic acids is 1. The molecule has 0 aromatic heterocycles. The Bertz CT molecular complexity index is 913. The van der Waals surface area contributed by atoms with Crippen LogP contribution in [0, 0.1) is 0 Å². The van der Waals surface area contributed by atoms with Gasteiger partial charge >= 0.3 is 0 Å². The van der Waals surface area contributed by atoms with Crippen LogP contribution in [-0.4, -0.2) is 41.9 Å². The maximum absolute atomic E-state index is 12.8. The molecule has 0 aliphatic carbocycles. The Kier molecular flexibility index (Phi) is 6.90. The quantitative estimate of drug-likeness (QED) is 0.723. The van der Waals surface area contributed by atoms with E-state index in [0.29, 0.717) is 29.2 Å². The Morgan fingerprint density at radius 1 is 1.00 bits per heavy atom. The SMILES string of the molecule is CCC(NC(=O)c1cc(OC)c(OC)c(OC)c1)c1ccc(S(C)(=O)=O)cc1. The lowest BCUT2D eigenvalue weighted by Gasteiger charge is -2.19. The number of carbonyl (C=O) groups is 1. The van der Waals surface area contributed by atoms with Crippen molar-refractivity contribution in [3.05, 3.63) is 47.5 Å². The predicted molar refractivity (Wildman–Crippen MR) is 106 cm³/mol. The molecule has 0 heterocycles. The molecule has 152 valence electrons. The number of sulfone groups is 1. The summed E-state index contributed by atoms with van der Waals surface area (Å²) in [5.41, 5.74) is 1.18. The van der Waals surface area contributed by atoms with Crippen LogP contribution in [-0.2, 0) is 9.84 Å². The van der Waals surface area contributed by atoms with Crippen molar-refractivity contribution < 1.29 is 27.4 Å². The minimum Gasteiger partial charge on any atom is -0.493 e. The second kappa shape index (κ2) is 8.97. The summed E-state index contributed by atoms with van der Waals surface area (Å²) in [7, 11) is 1.19. The largest absolute Gasteiger partial charge is 0.493 e. The van der Waals surface area contributed by atoms with Crippen LogP contribution in [0.2, 0.25) is 0 Å². The van der Waals surface area contributed by atoms with Crippen molar-refractivity contribution in [3.8, 4) is 17.2 Å². The molecule has 0 aliphatic heterocycles. The van der Waals surface area contributed by atoms with Crippen LogP contribution < -0.4 is 19.5 Å². The third-order valence-corrected chi connectivity index (χ3v) is 5.48. The molecule has 2 aromatic rings. The van der Waals surface area contributed by atoms with Gasteiger partial charge in [0.05, 0.1) is 32.3 Å². The van der Waals surface area contributed by atoms with E-state index in [1.165, 1.54) is 21.3 Å². The van der Waals surface area contributed by atoms with Gasteiger partial charge in [0.15, 0.2) is 21.3 Å². The van der Waals surface area contributed by atoms with Crippen LogP contribution in [0.1, 0.15) is 35.3 Å². The number of methoxy groups -OCH3 is 3. The van der Waals surface area contributed by atoms with Gasteiger partial charge in [-0.15, -0.1) is 0 Å². The van der Waals surface area contributed by atoms with Gasteiger partial charge in [-0.1, -0.05) is 19.1 Å². The Morgan fingerprint density at radius 2 is 1.54 bits per heavy atom. The molecule has 2 aromatic carbocycles. The molecule has 7 nitrogen and oxygen atoms in total. The third kappa shape index (κ3) is 4.75. The Labute approximate surface area is 165 Å². The highest BCUT2D eigenvalue weighted by atomic mass is 32.2. The van der Waals surface area contributed by atoms with E-state index in [1.807, 2.05) is 6.92 Å². The zero-order valence-electron chi connectivity index (χ0n) is 16.6. The Hall–Kier alpha value is -2.74. The number of rotatable bonds is 8. The third-order valence-electron chi connectivity index (χ3n) is 4.35. The van der Waals surface area contributed by atoms with Gasteiger partial charge in [-0.2, -0.15) is 0 Å². The zero-order valence-corrected chi connectivity index (χ0v) is 17.4. The summed E-state index contributed by atoms with van der Waals surface area (Å²) in [4.78, 5) is 13.0. The fourth-order valence-electron chi connectivity index (χ4n) is 2.82. The summed E-state index contributed by atoms with van der Waals surface area (Å²) in [5.74, 6) is 0.873. The maximum Gasteiger partial charge on any atom is 0.252 e. The first kappa shape index (κ1) is 21.6. The average molecular weight is 407 g/mol. The standard InChI is InChI=1S/C20H25NO6S/c1-6-16(13-7-9-15(10-8-13)28(5,23)24)21-20(22)14-11-17(25-2)19(27-4)18(12-14)26-3/h7-12,16H,6H2,1-5H3,(H,21,22). The molecule has 2 rings (SSSR count). The normalized spacial score (nSPS) is 12.2. The van der Waals surface area contributed by atoms with Crippen LogP contribution in [0.4, 0.5) is 0 Å². The van der Waals surface area contributed by atoms with Crippen LogP contribution in [0.5, 0.6) is 17.2 Å². The van der Waals surface area contributed by atoms with E-state index in [1.54, 1.807) is 36.4 Å². The minimum atomic E-state index is -3.27. The van der Waals surface area contributed by atoms with E-state index in [0.717, 1.165) is 11.8 Å². The molecule has 0 fully saturated rings. The lowest BCUT2D eigenvalue weighted by atomic mass is 10.0. The van der Waals surface area contributed by atoms with E-state index in [9.17, 15) is 13.2 Å². The van der Waals surface area contributed by atoms with Crippen LogP contribution >= 0.6 is 0 Å². The van der Waals surface area contributed by atoms with Crippen LogP contribution in [0.15, 0.2) is 41.3 Å². The second-order valence-corrected chi connectivity index (χ2v) is 8.21. The summed E-state index contributed by atoms with van der Waals surface area (Å²) < 4.78 is 39.1. The smallest absolute Gasteiger partial charge is 0.252 e. The number of hydrogen-bond donors (Lipinski definition) is 1. The van der Waals surface area contributed by atoms with E-state index >= 15 is 0 Å².